The second-order valence-electron chi connectivity index (χ2n) is 5.87. The zero-order valence-corrected chi connectivity index (χ0v) is 17.5. The quantitative estimate of drug-likeness (QED) is 0.408. The van der Waals surface area contributed by atoms with Crippen LogP contribution in [0.5, 0.6) is 0 Å². The standard InChI is InChI=1S/C19H17N5OS3/c1-2-12-5-7-13(8-6-12)14-10-27-18(20-14)21-16(25)11-28-19-22-17(23-24-19)15-4-3-9-26-15/h3-10H,2,11H2,1H3,(H,20,21,25)(H,22,23,24). The second kappa shape index (κ2) is 8.68. The number of aryl methyl sites for hydroxylation is 1. The second-order valence-corrected chi connectivity index (χ2v) is 8.62. The number of carbonyl (C=O) groups is 1. The van der Waals surface area contributed by atoms with Crippen molar-refractivity contribution < 1.29 is 4.79 Å². The number of rotatable bonds is 7. The van der Waals surface area contributed by atoms with Crippen LogP contribution in [-0.2, 0) is 11.2 Å². The van der Waals surface area contributed by atoms with Gasteiger partial charge >= 0.3 is 0 Å². The molecule has 1 amide bonds. The van der Waals surface area contributed by atoms with Gasteiger partial charge in [-0.2, -0.15) is 0 Å². The molecule has 9 heteroatoms. The van der Waals surface area contributed by atoms with Gasteiger partial charge in [0, 0.05) is 10.9 Å². The molecule has 3 aromatic heterocycles. The summed E-state index contributed by atoms with van der Waals surface area (Å²) in [6, 6.07) is 12.3. The van der Waals surface area contributed by atoms with Crippen molar-refractivity contribution in [3.63, 3.8) is 0 Å². The number of nitrogens with zero attached hydrogens (tertiary/aromatic N) is 3. The Bertz CT molecular complexity index is 1050. The number of benzene rings is 1. The zero-order valence-electron chi connectivity index (χ0n) is 15.0. The predicted octanol–water partition coefficient (Wildman–Crippen LogP) is 4.95. The maximum Gasteiger partial charge on any atom is 0.236 e. The number of amides is 1. The third-order valence-electron chi connectivity index (χ3n) is 3.96. The molecule has 0 fully saturated rings. The van der Waals surface area contributed by atoms with Crippen LogP contribution < -0.4 is 5.32 Å². The number of aromatic amines is 1. The lowest BCUT2D eigenvalue weighted by Gasteiger charge is -2.00. The van der Waals surface area contributed by atoms with E-state index in [0.717, 1.165) is 28.4 Å². The number of hydrogen-bond donors (Lipinski definition) is 2. The number of H-pyrrole nitrogens is 1. The van der Waals surface area contributed by atoms with Gasteiger partial charge in [-0.3, -0.25) is 9.89 Å². The fraction of sp³-hybridized carbons (Fsp3) is 0.158. The third-order valence-corrected chi connectivity index (χ3v) is 6.44. The van der Waals surface area contributed by atoms with E-state index in [1.54, 1.807) is 11.3 Å². The molecule has 4 aromatic rings. The summed E-state index contributed by atoms with van der Waals surface area (Å²) in [5.41, 5.74) is 3.20. The maximum atomic E-state index is 12.2. The molecule has 0 unspecified atom stereocenters. The van der Waals surface area contributed by atoms with Crippen LogP contribution in [-0.4, -0.2) is 31.8 Å². The summed E-state index contributed by atoms with van der Waals surface area (Å²) in [5, 5.41) is 15.0. The highest BCUT2D eigenvalue weighted by Gasteiger charge is 2.12. The van der Waals surface area contributed by atoms with E-state index in [4.69, 9.17) is 0 Å². The molecular weight excluding hydrogens is 410 g/mol. The topological polar surface area (TPSA) is 83.6 Å². The van der Waals surface area contributed by atoms with Crippen molar-refractivity contribution in [2.45, 2.75) is 18.5 Å². The number of hydrogen-bond acceptors (Lipinski definition) is 7. The molecule has 4 rings (SSSR count). The molecule has 0 saturated carbocycles. The molecule has 0 bridgehead atoms. The predicted molar refractivity (Wildman–Crippen MR) is 116 cm³/mol. The Morgan fingerprint density at radius 2 is 2.04 bits per heavy atom. The van der Waals surface area contributed by atoms with Crippen molar-refractivity contribution in [3.05, 3.63) is 52.7 Å². The van der Waals surface area contributed by atoms with Crippen LogP contribution in [0.2, 0.25) is 0 Å². The highest BCUT2D eigenvalue weighted by Crippen LogP contribution is 2.26. The van der Waals surface area contributed by atoms with Gasteiger partial charge in [-0.15, -0.1) is 27.8 Å². The zero-order chi connectivity index (χ0) is 19.3. The summed E-state index contributed by atoms with van der Waals surface area (Å²) in [5.74, 6) is 0.813. The molecule has 1 aromatic carbocycles. The van der Waals surface area contributed by atoms with Crippen LogP contribution >= 0.6 is 34.4 Å². The minimum atomic E-state index is -0.130. The minimum Gasteiger partial charge on any atom is -0.301 e. The molecule has 28 heavy (non-hydrogen) atoms. The Morgan fingerprint density at radius 3 is 2.79 bits per heavy atom. The van der Waals surface area contributed by atoms with Gasteiger partial charge in [-0.1, -0.05) is 49.0 Å². The number of carbonyl (C=O) groups excluding carboxylic acids is 1. The first-order chi connectivity index (χ1) is 13.7. The van der Waals surface area contributed by atoms with Crippen molar-refractivity contribution in [2.24, 2.45) is 0 Å². The number of thiophene rings is 1. The molecule has 142 valence electrons. The summed E-state index contributed by atoms with van der Waals surface area (Å²) >= 11 is 4.30. The molecule has 0 aliphatic carbocycles. The van der Waals surface area contributed by atoms with Crippen molar-refractivity contribution >= 4 is 45.5 Å². The van der Waals surface area contributed by atoms with Gasteiger partial charge < -0.3 is 5.32 Å². The average molecular weight is 428 g/mol. The molecule has 0 radical (unpaired) electrons. The first-order valence-corrected chi connectivity index (χ1v) is 11.4. The van der Waals surface area contributed by atoms with Gasteiger partial charge in [0.2, 0.25) is 11.1 Å². The number of thioether (sulfide) groups is 1. The first-order valence-electron chi connectivity index (χ1n) is 8.65. The van der Waals surface area contributed by atoms with E-state index >= 15 is 0 Å². The lowest BCUT2D eigenvalue weighted by molar-refractivity contribution is -0.113. The fourth-order valence-electron chi connectivity index (χ4n) is 2.49. The Labute approximate surface area is 174 Å². The van der Waals surface area contributed by atoms with E-state index in [0.29, 0.717) is 10.3 Å². The molecule has 3 heterocycles. The normalized spacial score (nSPS) is 10.9. The minimum absolute atomic E-state index is 0.130. The molecule has 6 nitrogen and oxygen atoms in total. The van der Waals surface area contributed by atoms with Crippen LogP contribution in [0.4, 0.5) is 5.13 Å². The molecule has 0 saturated heterocycles. The molecule has 0 aliphatic rings. The van der Waals surface area contributed by atoms with Gasteiger partial charge in [-0.25, -0.2) is 9.97 Å². The number of aromatic nitrogens is 4. The average Bonchev–Trinajstić information content (AvgIpc) is 3.47. The summed E-state index contributed by atoms with van der Waals surface area (Å²) in [6.45, 7) is 2.13. The van der Waals surface area contributed by atoms with Crippen molar-refractivity contribution in [1.82, 2.24) is 20.2 Å². The Kier molecular flexibility index (Phi) is 5.84. The van der Waals surface area contributed by atoms with E-state index in [2.05, 4.69) is 56.7 Å². The first kappa shape index (κ1) is 18.9. The van der Waals surface area contributed by atoms with E-state index in [9.17, 15) is 4.79 Å². The summed E-state index contributed by atoms with van der Waals surface area (Å²) < 4.78 is 0. The fourth-order valence-corrected chi connectivity index (χ4v) is 4.49. The highest BCUT2D eigenvalue weighted by atomic mass is 32.2. The Morgan fingerprint density at radius 1 is 1.18 bits per heavy atom. The van der Waals surface area contributed by atoms with Crippen LogP contribution in [0.25, 0.3) is 22.0 Å². The number of thiazole rings is 1. The third kappa shape index (κ3) is 4.49. The van der Waals surface area contributed by atoms with E-state index in [1.807, 2.05) is 22.9 Å². The SMILES string of the molecule is CCc1ccc(-c2csc(NC(=O)CSc3n[nH]c(-c4cccs4)n3)n2)cc1. The van der Waals surface area contributed by atoms with Crippen molar-refractivity contribution in [3.8, 4) is 22.0 Å². The summed E-state index contributed by atoms with van der Waals surface area (Å²) in [7, 11) is 0. The van der Waals surface area contributed by atoms with Crippen molar-refractivity contribution in [2.75, 3.05) is 11.1 Å². The van der Waals surface area contributed by atoms with Gasteiger partial charge in [0.15, 0.2) is 11.0 Å². The summed E-state index contributed by atoms with van der Waals surface area (Å²) in [6.07, 6.45) is 1.01. The monoisotopic (exact) mass is 427 g/mol. The van der Waals surface area contributed by atoms with Crippen LogP contribution in [0.1, 0.15) is 12.5 Å². The highest BCUT2D eigenvalue weighted by molar-refractivity contribution is 7.99. The Hall–Kier alpha value is -2.49. The Balaban J connectivity index is 1.32. The summed E-state index contributed by atoms with van der Waals surface area (Å²) in [4.78, 5) is 22.2. The van der Waals surface area contributed by atoms with Crippen LogP contribution in [0.15, 0.2) is 52.3 Å². The number of nitrogens with one attached hydrogen (secondary N) is 2. The van der Waals surface area contributed by atoms with E-state index < -0.39 is 0 Å². The van der Waals surface area contributed by atoms with Gasteiger partial charge in [0.25, 0.3) is 0 Å². The lowest BCUT2D eigenvalue weighted by Crippen LogP contribution is -2.13. The van der Waals surface area contributed by atoms with E-state index in [-0.39, 0.29) is 11.7 Å². The van der Waals surface area contributed by atoms with Crippen LogP contribution in [0, 0.1) is 0 Å². The largest absolute Gasteiger partial charge is 0.301 e. The molecular formula is C19H17N5OS3. The lowest BCUT2D eigenvalue weighted by atomic mass is 10.1. The molecule has 2 N–H and O–H groups in total. The van der Waals surface area contributed by atoms with Crippen molar-refractivity contribution in [1.29, 1.82) is 0 Å². The molecule has 0 aliphatic heterocycles. The number of anilines is 1. The van der Waals surface area contributed by atoms with Gasteiger partial charge in [0.1, 0.15) is 0 Å². The van der Waals surface area contributed by atoms with Gasteiger partial charge in [-0.05, 0) is 23.4 Å². The molecule has 0 spiro atoms. The van der Waals surface area contributed by atoms with Crippen LogP contribution in [0.3, 0.4) is 0 Å². The smallest absolute Gasteiger partial charge is 0.236 e. The van der Waals surface area contributed by atoms with Gasteiger partial charge in [0.05, 0.1) is 16.3 Å². The van der Waals surface area contributed by atoms with E-state index in [1.165, 1.54) is 28.7 Å². The maximum absolute atomic E-state index is 12.2. The molecule has 0 atom stereocenters.